The second kappa shape index (κ2) is 44.3. The quantitative estimate of drug-likeness (QED) is 0.0196. The van der Waals surface area contributed by atoms with Gasteiger partial charge in [0.15, 0.2) is 0 Å². The molecule has 0 saturated carbocycles. The van der Waals surface area contributed by atoms with Gasteiger partial charge in [-0.15, -0.1) is 12.4 Å². The minimum absolute atomic E-state index is 0. The van der Waals surface area contributed by atoms with E-state index in [1.165, 1.54) is 18.4 Å². The van der Waals surface area contributed by atoms with Crippen LogP contribution in [0.25, 0.3) is 55.2 Å². The van der Waals surface area contributed by atoms with Crippen LogP contribution < -0.4 is 55.7 Å². The molecule has 3 aromatic heterocycles. The molecule has 0 unspecified atom stereocenters. The first-order chi connectivity index (χ1) is 52.8. The normalized spacial score (nSPS) is 13.0. The summed E-state index contributed by atoms with van der Waals surface area (Å²) in [5.74, 6) is -1.40. The summed E-state index contributed by atoms with van der Waals surface area (Å²) >= 11 is 5.50. The number of aliphatic hydroxyl groups excluding tert-OH is 3. The maximum absolute atomic E-state index is 15.3. The number of carboxylic acids is 1. The number of rotatable bonds is 26. The topological polar surface area (TPSA) is 344 Å². The molecule has 21 nitrogen and oxygen atoms in total. The number of carbonyl (C=O) groups excluding carboxylic acids is 2. The van der Waals surface area contributed by atoms with Crippen molar-refractivity contribution in [1.82, 2.24) is 0 Å². The van der Waals surface area contributed by atoms with E-state index in [1.54, 1.807) is 117 Å². The summed E-state index contributed by atoms with van der Waals surface area (Å²) in [6, 6.07) is 50.6. The van der Waals surface area contributed by atoms with Crippen molar-refractivity contribution >= 4 is 87.4 Å². The molecule has 115 heavy (non-hydrogen) atoms. The fourth-order valence-electron chi connectivity index (χ4n) is 12.2. The molecule has 0 radical (unpaired) electrons. The molecule has 13 rings (SSSR count). The number of hydrogen-bond donors (Lipinski definition) is 7. The Morgan fingerprint density at radius 1 is 0.470 bits per heavy atom. The molecular weight excluding hydrogens is 1520 g/mol. The molecule has 0 bridgehead atoms. The number of halogens is 5. The van der Waals surface area contributed by atoms with Gasteiger partial charge < -0.3 is 89.3 Å². The van der Waals surface area contributed by atoms with Gasteiger partial charge in [-0.05, 0) is 131 Å². The molecule has 606 valence electrons. The number of aliphatic carboxylic acids is 1. The van der Waals surface area contributed by atoms with Gasteiger partial charge in [0.2, 0.25) is 0 Å². The molecule has 0 aliphatic carbocycles. The van der Waals surface area contributed by atoms with E-state index in [1.807, 2.05) is 107 Å². The number of aliphatic hydroxyl groups is 3. The number of carbonyl (C=O) groups is 3. The van der Waals surface area contributed by atoms with Crippen molar-refractivity contribution in [3.63, 3.8) is 0 Å². The zero-order valence-electron chi connectivity index (χ0n) is 63.3. The molecule has 12 aromatic rings. The van der Waals surface area contributed by atoms with Crippen LogP contribution in [0.1, 0.15) is 125 Å². The molecule has 28 heteroatoms. The number of hydrogen-bond acceptors (Lipinski definition) is 20. The van der Waals surface area contributed by atoms with Crippen LogP contribution in [-0.4, -0.2) is 95.2 Å². The maximum atomic E-state index is 15.3. The third-order valence-electron chi connectivity index (χ3n) is 18.5. The SMILES string of the molecule is C.C.CCOC(=O)Cc1ccccc1OCc1cc(-c2cccc([C@H](N)CO)c2F)c2occc2c1.CCOC(=O)Cc1ccccc1OCc1cc(B2OC(C)(C)C(C)(C)O2)c2occc2c1.Cl.N[C@H](CO)c1cccc(-c2cc(COc3ccccc3CC(=O)O)cc3ccoc23)c1F.N[C@H](CO)c1cccc(Cl)c1F.[Li+].[OH-]. The Morgan fingerprint density at radius 3 is 1.18 bits per heavy atom. The van der Waals surface area contributed by atoms with Crippen LogP contribution in [0.3, 0.4) is 0 Å². The van der Waals surface area contributed by atoms with E-state index in [0.717, 1.165) is 55.0 Å². The first-order valence-corrected chi connectivity index (χ1v) is 35.9. The maximum Gasteiger partial charge on any atom is 1.00 e. The summed E-state index contributed by atoms with van der Waals surface area (Å²) in [6.07, 6.45) is 4.88. The van der Waals surface area contributed by atoms with Crippen molar-refractivity contribution in [3.05, 3.63) is 273 Å². The van der Waals surface area contributed by atoms with E-state index in [4.69, 9.17) is 85.3 Å². The van der Waals surface area contributed by atoms with Crippen LogP contribution in [0.15, 0.2) is 214 Å². The molecule has 4 heterocycles. The molecular formula is C87H96BCl2F3LiN3O18. The van der Waals surface area contributed by atoms with Gasteiger partial charge in [0, 0.05) is 77.3 Å². The standard InChI is InChI=1S/C27H26FNO5.C25H29BO6.C25H22FNO5.C8H9ClFNO.2CH4.ClH.Li.H2O/c1-2-32-25(31)14-18-6-3-4-9-24(18)34-16-17-12-19-10-11-33-27(19)22(13-17)20-7-5-8-21(26(20)28)23(29)15-30;1-6-28-22(27)15-18-9-7-8-10-21(18)30-16-17-13-19-11-12-29-23(19)20(14-17)26-31-24(2,3)25(4,5)32-26;26-24-18(5-3-6-19(24)21(27)13-28)20-11-15(10-17-8-9-31-25(17)20)14-32-22-7-2-1-4-16(22)12-23(29)30;9-6-3-1-2-5(8(6)10)7(11)4-12;;;;;/h3-13,23,30H,2,14-16,29H2,1H3;7-14H,6,15-16H2,1-5H3;1-11,21,28H,12-14,27H2,(H,29,30);1-3,7,12H,4,11H2;2*1H4;1H;;1H2/q;;;;;;;+1;/p-1/t23-;;21-;7-;;;;;/m1.11...../s1. The first kappa shape index (κ1) is 95.7. The Balaban J connectivity index is 0.000000281. The van der Waals surface area contributed by atoms with Gasteiger partial charge in [-0.2, -0.15) is 0 Å². The van der Waals surface area contributed by atoms with Gasteiger partial charge in [0.25, 0.3) is 0 Å². The van der Waals surface area contributed by atoms with E-state index in [0.29, 0.717) is 76.1 Å². The van der Waals surface area contributed by atoms with Crippen molar-refractivity contribution in [1.29, 1.82) is 0 Å². The van der Waals surface area contributed by atoms with E-state index < -0.39 is 59.9 Å². The van der Waals surface area contributed by atoms with Crippen LogP contribution in [0.2, 0.25) is 5.02 Å². The molecule has 1 fully saturated rings. The minimum Gasteiger partial charge on any atom is -0.870 e. The summed E-state index contributed by atoms with van der Waals surface area (Å²) in [4.78, 5) is 35.0. The van der Waals surface area contributed by atoms with E-state index in [2.05, 4.69) is 0 Å². The molecule has 1 aliphatic heterocycles. The number of fused-ring (bicyclic) bond motifs is 3. The van der Waals surface area contributed by atoms with Crippen molar-refractivity contribution in [2.45, 2.75) is 125 Å². The number of benzene rings is 9. The Labute approximate surface area is 689 Å². The second-order valence-electron chi connectivity index (χ2n) is 26.7. The van der Waals surface area contributed by atoms with Crippen molar-refractivity contribution in [2.24, 2.45) is 17.2 Å². The average Bonchev–Trinajstić information content (AvgIpc) is 1.62. The summed E-state index contributed by atoms with van der Waals surface area (Å²) in [5.41, 5.74) is 25.9. The third-order valence-corrected chi connectivity index (χ3v) is 18.8. The largest absolute Gasteiger partial charge is 1.00 e. The van der Waals surface area contributed by atoms with Gasteiger partial charge >= 0.3 is 43.9 Å². The van der Waals surface area contributed by atoms with E-state index >= 15 is 8.78 Å². The third kappa shape index (κ3) is 23.9. The number of ether oxygens (including phenoxy) is 5. The summed E-state index contributed by atoms with van der Waals surface area (Å²) in [5, 5.41) is 39.1. The molecule has 0 spiro atoms. The Bertz CT molecular complexity index is 5160. The zero-order valence-corrected chi connectivity index (χ0v) is 64.9. The Morgan fingerprint density at radius 2 is 0.809 bits per heavy atom. The molecule has 3 atom stereocenters. The van der Waals surface area contributed by atoms with Crippen LogP contribution in [-0.2, 0) is 72.2 Å². The molecule has 1 saturated heterocycles. The van der Waals surface area contributed by atoms with Crippen LogP contribution >= 0.6 is 24.0 Å². The van der Waals surface area contributed by atoms with Crippen molar-refractivity contribution in [2.75, 3.05) is 33.0 Å². The Hall–Kier alpha value is -9.92. The number of carboxylic acid groups (broad SMARTS) is 1. The van der Waals surface area contributed by atoms with Gasteiger partial charge in [0.05, 0.1) is 105 Å². The van der Waals surface area contributed by atoms with Crippen molar-refractivity contribution in [3.8, 4) is 39.5 Å². The number of nitrogens with two attached hydrogens (primary N) is 3. The van der Waals surface area contributed by atoms with E-state index in [-0.39, 0.29) is 138 Å². The predicted molar refractivity (Wildman–Crippen MR) is 436 cm³/mol. The molecule has 11 N–H and O–H groups in total. The van der Waals surface area contributed by atoms with Gasteiger partial charge in [-0.3, -0.25) is 14.4 Å². The first-order valence-electron chi connectivity index (χ1n) is 35.5. The van der Waals surface area contributed by atoms with Crippen LogP contribution in [0.5, 0.6) is 17.2 Å². The van der Waals surface area contributed by atoms with Gasteiger partial charge in [-0.25, -0.2) is 13.2 Å². The van der Waals surface area contributed by atoms with E-state index in [9.17, 15) is 29.0 Å². The Kier molecular flexibility index (Phi) is 36.8. The minimum atomic E-state index is -0.945. The van der Waals surface area contributed by atoms with Gasteiger partial charge in [0.1, 0.15) is 71.3 Å². The second-order valence-corrected chi connectivity index (χ2v) is 27.1. The van der Waals surface area contributed by atoms with Crippen molar-refractivity contribution < 1.29 is 119 Å². The zero-order chi connectivity index (χ0) is 78.8. The fraction of sp³-hybridized carbons (Fsp3) is 0.276. The monoisotopic (exact) mass is 1620 g/mol. The molecule has 0 amide bonds. The summed E-state index contributed by atoms with van der Waals surface area (Å²) in [7, 11) is -0.537. The summed E-state index contributed by atoms with van der Waals surface area (Å²) in [6.45, 7) is 12.0. The summed E-state index contributed by atoms with van der Waals surface area (Å²) < 4.78 is 101. The van der Waals surface area contributed by atoms with Gasteiger partial charge in [-0.1, -0.05) is 136 Å². The predicted octanol–water partition coefficient (Wildman–Crippen LogP) is 13.8. The van der Waals surface area contributed by atoms with Crippen LogP contribution in [0.4, 0.5) is 13.2 Å². The molecule has 1 aliphatic rings. The van der Waals surface area contributed by atoms with Crippen LogP contribution in [0, 0.1) is 17.5 Å². The number of furan rings is 3. The number of para-hydroxylation sites is 3. The smallest absolute Gasteiger partial charge is 0.870 e. The molecule has 9 aromatic carbocycles. The number of esters is 2. The fourth-order valence-corrected chi connectivity index (χ4v) is 12.4. The average molecular weight is 1620 g/mol.